The minimum atomic E-state index is -0.496. The lowest BCUT2D eigenvalue weighted by Crippen LogP contribution is -2.39. The number of urea groups is 1. The maximum Gasteiger partial charge on any atom is 0.320 e. The molecule has 2 aromatic rings. The molecule has 0 unspecified atom stereocenters. The zero-order chi connectivity index (χ0) is 17.6. The highest BCUT2D eigenvalue weighted by atomic mass is 16.3. The van der Waals surface area contributed by atoms with Crippen molar-refractivity contribution in [2.45, 2.75) is 38.2 Å². The Morgan fingerprint density at radius 2 is 2.08 bits per heavy atom. The van der Waals surface area contributed by atoms with Gasteiger partial charge in [0.2, 0.25) is 0 Å². The second-order valence-corrected chi connectivity index (χ2v) is 6.44. The minimum Gasteiger partial charge on any atom is -0.391 e. The third kappa shape index (κ3) is 4.54. The van der Waals surface area contributed by atoms with Crippen LogP contribution in [0.3, 0.4) is 0 Å². The normalized spacial score (nSPS) is 16.4. The minimum absolute atomic E-state index is 0.247. The van der Waals surface area contributed by atoms with E-state index in [1.807, 2.05) is 13.1 Å². The summed E-state index contributed by atoms with van der Waals surface area (Å²) in [6.07, 6.45) is 6.82. The van der Waals surface area contributed by atoms with Gasteiger partial charge in [0.05, 0.1) is 11.8 Å². The zero-order valence-electron chi connectivity index (χ0n) is 14.4. The molecule has 2 aromatic heterocycles. The van der Waals surface area contributed by atoms with Crippen LogP contribution in [0.25, 0.3) is 11.4 Å². The van der Waals surface area contributed by atoms with E-state index in [4.69, 9.17) is 0 Å². The maximum atomic E-state index is 12.0. The lowest BCUT2D eigenvalue weighted by Gasteiger charge is -2.26. The van der Waals surface area contributed by atoms with Gasteiger partial charge in [-0.1, -0.05) is 19.3 Å². The van der Waals surface area contributed by atoms with Gasteiger partial charge in [-0.2, -0.15) is 5.10 Å². The number of hydrogen-bond donors (Lipinski definition) is 3. The van der Waals surface area contributed by atoms with Crippen LogP contribution >= 0.6 is 0 Å². The summed E-state index contributed by atoms with van der Waals surface area (Å²) in [5.74, 6) is 0.641. The van der Waals surface area contributed by atoms with Crippen molar-refractivity contribution in [3.05, 3.63) is 24.4 Å². The standard InChI is InChI=1S/C17H24N6O2/c1-23-14(9-10-19-23)13-7-8-16(22-21-13)20-17(25)18-11-15(24)12-5-3-2-4-6-12/h7-10,12,15,24H,2-6,11H2,1H3,(H2,18,20,22,25)/t15-/m0/s1. The van der Waals surface area contributed by atoms with E-state index < -0.39 is 12.1 Å². The van der Waals surface area contributed by atoms with Crippen molar-refractivity contribution in [3.8, 4) is 11.4 Å². The molecule has 1 aliphatic carbocycles. The summed E-state index contributed by atoms with van der Waals surface area (Å²) in [5.41, 5.74) is 1.53. The number of nitrogens with zero attached hydrogens (tertiary/aromatic N) is 4. The fraction of sp³-hybridized carbons (Fsp3) is 0.529. The molecule has 1 atom stereocenters. The van der Waals surface area contributed by atoms with Gasteiger partial charge < -0.3 is 10.4 Å². The summed E-state index contributed by atoms with van der Waals surface area (Å²) in [6, 6.07) is 4.91. The Kier molecular flexibility index (Phi) is 5.60. The van der Waals surface area contributed by atoms with Crippen molar-refractivity contribution >= 4 is 11.8 Å². The highest BCUT2D eigenvalue weighted by Gasteiger charge is 2.22. The van der Waals surface area contributed by atoms with Crippen LogP contribution in [0.5, 0.6) is 0 Å². The molecule has 0 spiro atoms. The van der Waals surface area contributed by atoms with E-state index in [1.54, 1.807) is 23.0 Å². The maximum absolute atomic E-state index is 12.0. The highest BCUT2D eigenvalue weighted by Crippen LogP contribution is 2.26. The summed E-state index contributed by atoms with van der Waals surface area (Å²) in [6.45, 7) is 0.247. The van der Waals surface area contributed by atoms with Gasteiger partial charge in [0.1, 0.15) is 5.69 Å². The summed E-state index contributed by atoms with van der Waals surface area (Å²) in [7, 11) is 1.83. The molecule has 2 amide bonds. The highest BCUT2D eigenvalue weighted by molar-refractivity contribution is 5.88. The first-order valence-corrected chi connectivity index (χ1v) is 8.68. The Balaban J connectivity index is 1.48. The molecule has 8 nitrogen and oxygen atoms in total. The van der Waals surface area contributed by atoms with E-state index in [2.05, 4.69) is 25.9 Å². The Morgan fingerprint density at radius 3 is 2.72 bits per heavy atom. The van der Waals surface area contributed by atoms with E-state index in [0.29, 0.717) is 11.5 Å². The molecule has 3 N–H and O–H groups in total. The zero-order valence-corrected chi connectivity index (χ0v) is 14.4. The first-order chi connectivity index (χ1) is 12.1. The molecule has 1 fully saturated rings. The number of aromatic nitrogens is 4. The lowest BCUT2D eigenvalue weighted by molar-refractivity contribution is 0.0863. The average Bonchev–Trinajstić information content (AvgIpc) is 3.07. The van der Waals surface area contributed by atoms with Crippen LogP contribution < -0.4 is 10.6 Å². The van der Waals surface area contributed by atoms with Gasteiger partial charge in [-0.05, 0) is 37.0 Å². The van der Waals surface area contributed by atoms with Crippen LogP contribution in [0, 0.1) is 5.92 Å². The number of aliphatic hydroxyl groups excluding tert-OH is 1. The first kappa shape index (κ1) is 17.3. The van der Waals surface area contributed by atoms with Crippen molar-refractivity contribution in [1.82, 2.24) is 25.3 Å². The average molecular weight is 344 g/mol. The topological polar surface area (TPSA) is 105 Å². The van der Waals surface area contributed by atoms with Gasteiger partial charge in [0, 0.05) is 19.8 Å². The lowest BCUT2D eigenvalue weighted by atomic mass is 9.85. The SMILES string of the molecule is Cn1nccc1-c1ccc(NC(=O)NC[C@H](O)C2CCCCC2)nn1. The Bertz CT molecular complexity index is 693. The molecule has 2 heterocycles. The molecule has 0 radical (unpaired) electrons. The number of carbonyl (C=O) groups is 1. The third-order valence-electron chi connectivity index (χ3n) is 4.66. The summed E-state index contributed by atoms with van der Waals surface area (Å²) < 4.78 is 1.70. The monoisotopic (exact) mass is 344 g/mol. The number of anilines is 1. The second-order valence-electron chi connectivity index (χ2n) is 6.44. The Labute approximate surface area is 146 Å². The van der Waals surface area contributed by atoms with Gasteiger partial charge in [0.15, 0.2) is 5.82 Å². The van der Waals surface area contributed by atoms with Crippen LogP contribution in [0.2, 0.25) is 0 Å². The van der Waals surface area contributed by atoms with Crippen molar-refractivity contribution < 1.29 is 9.90 Å². The number of aliphatic hydroxyl groups is 1. The summed E-state index contributed by atoms with van der Waals surface area (Å²) in [4.78, 5) is 12.0. The summed E-state index contributed by atoms with van der Waals surface area (Å²) >= 11 is 0. The number of aryl methyl sites for hydroxylation is 1. The molecule has 0 aromatic carbocycles. The van der Waals surface area contributed by atoms with Crippen LogP contribution in [0.4, 0.5) is 10.6 Å². The van der Waals surface area contributed by atoms with Crippen molar-refractivity contribution in [2.24, 2.45) is 13.0 Å². The Morgan fingerprint density at radius 1 is 1.28 bits per heavy atom. The van der Waals surface area contributed by atoms with Crippen molar-refractivity contribution in [1.29, 1.82) is 0 Å². The third-order valence-corrected chi connectivity index (χ3v) is 4.66. The molecule has 134 valence electrons. The van der Waals surface area contributed by atoms with Crippen molar-refractivity contribution in [3.63, 3.8) is 0 Å². The van der Waals surface area contributed by atoms with E-state index in [-0.39, 0.29) is 12.5 Å². The second kappa shape index (κ2) is 8.06. The predicted octanol–water partition coefficient (Wildman–Crippen LogP) is 1.94. The fourth-order valence-corrected chi connectivity index (χ4v) is 3.20. The molecule has 1 saturated carbocycles. The van der Waals surface area contributed by atoms with Crippen LogP contribution in [0.15, 0.2) is 24.4 Å². The largest absolute Gasteiger partial charge is 0.391 e. The van der Waals surface area contributed by atoms with Gasteiger partial charge >= 0.3 is 6.03 Å². The van der Waals surface area contributed by atoms with Gasteiger partial charge in [-0.25, -0.2) is 4.79 Å². The van der Waals surface area contributed by atoms with Gasteiger partial charge in [-0.15, -0.1) is 10.2 Å². The number of rotatable bonds is 5. The molecule has 0 bridgehead atoms. The van der Waals surface area contributed by atoms with E-state index in [9.17, 15) is 9.90 Å². The fourth-order valence-electron chi connectivity index (χ4n) is 3.20. The van der Waals surface area contributed by atoms with Gasteiger partial charge in [-0.3, -0.25) is 10.00 Å². The number of amides is 2. The van der Waals surface area contributed by atoms with Crippen LogP contribution in [-0.4, -0.2) is 43.8 Å². The first-order valence-electron chi connectivity index (χ1n) is 8.68. The van der Waals surface area contributed by atoms with Gasteiger partial charge in [0.25, 0.3) is 0 Å². The van der Waals surface area contributed by atoms with Crippen LogP contribution in [0.1, 0.15) is 32.1 Å². The van der Waals surface area contributed by atoms with E-state index in [0.717, 1.165) is 31.4 Å². The van der Waals surface area contributed by atoms with E-state index >= 15 is 0 Å². The molecule has 25 heavy (non-hydrogen) atoms. The predicted molar refractivity (Wildman–Crippen MR) is 93.8 cm³/mol. The van der Waals surface area contributed by atoms with Crippen molar-refractivity contribution in [2.75, 3.05) is 11.9 Å². The number of nitrogens with one attached hydrogen (secondary N) is 2. The summed E-state index contributed by atoms with van der Waals surface area (Å²) in [5, 5.41) is 27.7. The smallest absolute Gasteiger partial charge is 0.320 e. The molecule has 3 rings (SSSR count). The quantitative estimate of drug-likeness (QED) is 0.769. The molecule has 0 saturated heterocycles. The van der Waals surface area contributed by atoms with E-state index in [1.165, 1.54) is 6.42 Å². The number of carbonyl (C=O) groups excluding carboxylic acids is 1. The molecular formula is C17H24N6O2. The number of hydrogen-bond acceptors (Lipinski definition) is 5. The molecule has 1 aliphatic rings. The molecule has 0 aliphatic heterocycles. The Hall–Kier alpha value is -2.48. The molecule has 8 heteroatoms. The van der Waals surface area contributed by atoms with Crippen LogP contribution in [-0.2, 0) is 7.05 Å². The molecular weight excluding hydrogens is 320 g/mol.